The number of non-ortho nitro benzene ring substituents is 1. The highest BCUT2D eigenvalue weighted by Gasteiger charge is 2.36. The highest BCUT2D eigenvalue weighted by molar-refractivity contribution is 7.07. The molecule has 46 heavy (non-hydrogen) atoms. The lowest BCUT2D eigenvalue weighted by molar-refractivity contribution is -0.384. The Balaban J connectivity index is 1.62. The SMILES string of the molecule is CCN(CC)C(=O)C1=C(C)N=c2s/c(=C/c3ccccc3OCc3ccc([N+](=O)[O-])cc3)c(=O)n2[C@H]1c1cc(OC)ccc1OC. The number of carbonyl (C=O) groups is 1. The molecule has 4 aromatic rings. The summed E-state index contributed by atoms with van der Waals surface area (Å²) in [5.41, 5.74) is 2.62. The van der Waals surface area contributed by atoms with Gasteiger partial charge in [-0.05, 0) is 68.8 Å². The number of ether oxygens (including phenoxy) is 3. The van der Waals surface area contributed by atoms with Gasteiger partial charge in [0.2, 0.25) is 0 Å². The van der Waals surface area contributed by atoms with Crippen LogP contribution in [0.1, 0.15) is 43.5 Å². The van der Waals surface area contributed by atoms with Crippen LogP contribution < -0.4 is 29.1 Å². The minimum Gasteiger partial charge on any atom is -0.497 e. The first-order chi connectivity index (χ1) is 22.2. The molecule has 0 spiro atoms. The Hall–Kier alpha value is -5.23. The molecule has 1 amide bonds. The number of nitro benzene ring substituents is 1. The fraction of sp³-hybridized carbons (Fsp3) is 0.265. The van der Waals surface area contributed by atoms with Gasteiger partial charge < -0.3 is 19.1 Å². The molecular formula is C34H34N4O7S. The quantitative estimate of drug-likeness (QED) is 0.173. The van der Waals surface area contributed by atoms with Crippen LogP contribution in [0.3, 0.4) is 0 Å². The Labute approximate surface area is 269 Å². The monoisotopic (exact) mass is 642 g/mol. The second-order valence-corrected chi connectivity index (χ2v) is 11.4. The van der Waals surface area contributed by atoms with E-state index in [1.165, 1.54) is 23.5 Å². The van der Waals surface area contributed by atoms with E-state index >= 15 is 0 Å². The van der Waals surface area contributed by atoms with E-state index in [2.05, 4.69) is 0 Å². The molecule has 1 aliphatic rings. The molecule has 0 saturated carbocycles. The summed E-state index contributed by atoms with van der Waals surface area (Å²) in [5.74, 6) is 1.39. The van der Waals surface area contributed by atoms with Crippen molar-refractivity contribution in [1.82, 2.24) is 9.47 Å². The molecule has 0 aliphatic carbocycles. The molecule has 0 radical (unpaired) electrons. The van der Waals surface area contributed by atoms with E-state index in [9.17, 15) is 19.7 Å². The third kappa shape index (κ3) is 6.29. The molecule has 1 aromatic heterocycles. The van der Waals surface area contributed by atoms with E-state index in [1.807, 2.05) is 32.0 Å². The molecular weight excluding hydrogens is 608 g/mol. The van der Waals surface area contributed by atoms with Gasteiger partial charge in [0.15, 0.2) is 4.80 Å². The van der Waals surface area contributed by atoms with E-state index in [4.69, 9.17) is 19.2 Å². The van der Waals surface area contributed by atoms with Gasteiger partial charge in [-0.15, -0.1) is 0 Å². The highest BCUT2D eigenvalue weighted by atomic mass is 32.1. The van der Waals surface area contributed by atoms with E-state index in [1.54, 1.807) is 73.1 Å². The highest BCUT2D eigenvalue weighted by Crippen LogP contribution is 2.38. The van der Waals surface area contributed by atoms with Crippen molar-refractivity contribution in [3.05, 3.63) is 124 Å². The normalized spacial score (nSPS) is 14.4. The predicted octanol–water partition coefficient (Wildman–Crippen LogP) is 4.61. The number of allylic oxidation sites excluding steroid dienone is 1. The van der Waals surface area contributed by atoms with Crippen LogP contribution >= 0.6 is 11.3 Å². The molecule has 5 rings (SSSR count). The lowest BCUT2D eigenvalue weighted by Crippen LogP contribution is -2.43. The van der Waals surface area contributed by atoms with Gasteiger partial charge in [-0.25, -0.2) is 4.99 Å². The summed E-state index contributed by atoms with van der Waals surface area (Å²) in [6.07, 6.45) is 1.75. The van der Waals surface area contributed by atoms with Crippen molar-refractivity contribution in [2.45, 2.75) is 33.4 Å². The number of hydrogen-bond acceptors (Lipinski definition) is 9. The van der Waals surface area contributed by atoms with Crippen molar-refractivity contribution in [1.29, 1.82) is 0 Å². The Morgan fingerprint density at radius 2 is 1.76 bits per heavy atom. The second kappa shape index (κ2) is 13.8. The molecule has 0 saturated heterocycles. The fourth-order valence-electron chi connectivity index (χ4n) is 5.37. The Bertz CT molecular complexity index is 1990. The Kier molecular flexibility index (Phi) is 9.67. The van der Waals surface area contributed by atoms with E-state index < -0.39 is 11.0 Å². The average molecular weight is 643 g/mol. The van der Waals surface area contributed by atoms with Crippen molar-refractivity contribution < 1.29 is 23.9 Å². The number of nitrogens with zero attached hydrogens (tertiary/aromatic N) is 4. The molecule has 1 atom stereocenters. The molecule has 12 heteroatoms. The van der Waals surface area contributed by atoms with Crippen LogP contribution in [0.4, 0.5) is 5.69 Å². The number of aromatic nitrogens is 1. The van der Waals surface area contributed by atoms with Crippen molar-refractivity contribution in [2.75, 3.05) is 27.3 Å². The van der Waals surface area contributed by atoms with Gasteiger partial charge in [-0.1, -0.05) is 29.5 Å². The number of rotatable bonds is 11. The first kappa shape index (κ1) is 32.2. The first-order valence-corrected chi connectivity index (χ1v) is 15.5. The summed E-state index contributed by atoms with van der Waals surface area (Å²) in [6, 6.07) is 18.0. The maximum atomic E-state index is 14.3. The molecule has 0 N–H and O–H groups in total. The maximum absolute atomic E-state index is 14.3. The summed E-state index contributed by atoms with van der Waals surface area (Å²) >= 11 is 1.22. The Morgan fingerprint density at radius 3 is 2.41 bits per heavy atom. The van der Waals surface area contributed by atoms with Crippen LogP contribution in [0.15, 0.2) is 87.8 Å². The molecule has 3 aromatic carbocycles. The second-order valence-electron chi connectivity index (χ2n) is 10.4. The number of nitro groups is 1. The summed E-state index contributed by atoms with van der Waals surface area (Å²) in [4.78, 5) is 45.7. The van der Waals surface area contributed by atoms with Gasteiger partial charge in [0.05, 0.1) is 34.9 Å². The average Bonchev–Trinajstić information content (AvgIpc) is 3.37. The van der Waals surface area contributed by atoms with Gasteiger partial charge in [0.25, 0.3) is 17.2 Å². The summed E-state index contributed by atoms with van der Waals surface area (Å²) in [7, 11) is 3.10. The van der Waals surface area contributed by atoms with Gasteiger partial charge in [0.1, 0.15) is 29.9 Å². The zero-order valence-corrected chi connectivity index (χ0v) is 27.0. The fourth-order valence-corrected chi connectivity index (χ4v) is 6.41. The number of hydrogen-bond donors (Lipinski definition) is 0. The number of fused-ring (bicyclic) bond motifs is 1. The van der Waals surface area contributed by atoms with Crippen LogP contribution in [0.5, 0.6) is 17.2 Å². The third-order valence-electron chi connectivity index (χ3n) is 7.78. The van der Waals surface area contributed by atoms with Crippen molar-refractivity contribution in [2.24, 2.45) is 4.99 Å². The van der Waals surface area contributed by atoms with Crippen LogP contribution in [-0.4, -0.2) is 47.6 Å². The summed E-state index contributed by atoms with van der Waals surface area (Å²) < 4.78 is 19.3. The number of carbonyl (C=O) groups excluding carboxylic acids is 1. The van der Waals surface area contributed by atoms with Gasteiger partial charge >= 0.3 is 0 Å². The third-order valence-corrected chi connectivity index (χ3v) is 8.76. The lowest BCUT2D eigenvalue weighted by Gasteiger charge is -2.30. The molecule has 0 bridgehead atoms. The van der Waals surface area contributed by atoms with Gasteiger partial charge in [-0.2, -0.15) is 0 Å². The van der Waals surface area contributed by atoms with Crippen molar-refractivity contribution in [3.8, 4) is 17.2 Å². The van der Waals surface area contributed by atoms with Crippen LogP contribution in [0.2, 0.25) is 0 Å². The number of thiazole rings is 1. The molecule has 238 valence electrons. The standard InChI is InChI=1S/C34H34N4O7S/c1-6-36(7-2)33(40)30-21(3)35-34-37(31(30)26-19-25(43-4)16-17-28(26)44-5)32(39)29(46-34)18-23-10-8-9-11-27(23)45-20-22-12-14-24(15-13-22)38(41)42/h8-19,31H,6-7,20H2,1-5H3/b29-18+/t31-/m0/s1. The summed E-state index contributed by atoms with van der Waals surface area (Å²) in [6.45, 7) is 6.78. The van der Waals surface area contributed by atoms with Crippen LogP contribution in [-0.2, 0) is 11.4 Å². The number of amides is 1. The molecule has 0 unspecified atom stereocenters. The van der Waals surface area contributed by atoms with Gasteiger partial charge in [0, 0.05) is 36.3 Å². The predicted molar refractivity (Wildman–Crippen MR) is 175 cm³/mol. The first-order valence-electron chi connectivity index (χ1n) is 14.7. The van der Waals surface area contributed by atoms with E-state index in [-0.39, 0.29) is 23.8 Å². The number of para-hydroxylation sites is 1. The maximum Gasteiger partial charge on any atom is 0.271 e. The van der Waals surface area contributed by atoms with Crippen LogP contribution in [0, 0.1) is 10.1 Å². The summed E-state index contributed by atoms with van der Waals surface area (Å²) in [5, 5.41) is 11.0. The zero-order valence-electron chi connectivity index (χ0n) is 26.2. The van der Waals surface area contributed by atoms with Crippen molar-refractivity contribution >= 4 is 29.0 Å². The number of likely N-dealkylation sites (N-methyl/N-ethyl adjacent to an activating group) is 1. The number of methoxy groups -OCH3 is 2. The molecule has 0 fully saturated rings. The zero-order chi connectivity index (χ0) is 33.0. The largest absolute Gasteiger partial charge is 0.497 e. The minimum atomic E-state index is -0.815. The van der Waals surface area contributed by atoms with Gasteiger partial charge in [-0.3, -0.25) is 24.3 Å². The number of benzene rings is 3. The van der Waals surface area contributed by atoms with Crippen molar-refractivity contribution in [3.63, 3.8) is 0 Å². The van der Waals surface area contributed by atoms with E-state index in [0.29, 0.717) is 62.1 Å². The minimum absolute atomic E-state index is 0.00147. The smallest absolute Gasteiger partial charge is 0.271 e. The van der Waals surface area contributed by atoms with E-state index in [0.717, 1.165) is 5.56 Å². The lowest BCUT2D eigenvalue weighted by atomic mass is 9.93. The molecule has 2 heterocycles. The Morgan fingerprint density at radius 1 is 1.04 bits per heavy atom. The molecule has 1 aliphatic heterocycles. The van der Waals surface area contributed by atoms with Crippen LogP contribution in [0.25, 0.3) is 6.08 Å². The molecule has 11 nitrogen and oxygen atoms in total. The topological polar surface area (TPSA) is 126 Å².